The van der Waals surface area contributed by atoms with Crippen LogP contribution in [0.1, 0.15) is 55.1 Å². The van der Waals surface area contributed by atoms with Crippen LogP contribution in [0.3, 0.4) is 0 Å². The molecule has 0 radical (unpaired) electrons. The average Bonchev–Trinajstić information content (AvgIpc) is 2.70. The predicted molar refractivity (Wildman–Crippen MR) is 105 cm³/mol. The number of hydrogen-bond donors (Lipinski definition) is 2. The highest BCUT2D eigenvalue weighted by atomic mass is 16.1. The van der Waals surface area contributed by atoms with Crippen LogP contribution in [0.25, 0.3) is 0 Å². The van der Waals surface area contributed by atoms with Crippen LogP contribution in [0.15, 0.2) is 48.3 Å². The molecule has 1 amide bonds. The largest absolute Gasteiger partial charge is 0.368 e. The van der Waals surface area contributed by atoms with Gasteiger partial charge in [-0.05, 0) is 50.2 Å². The smallest absolute Gasteiger partial charge is 0.275 e. The van der Waals surface area contributed by atoms with Crippen LogP contribution >= 0.6 is 0 Å². The van der Waals surface area contributed by atoms with Crippen LogP contribution in [0, 0.1) is 0 Å². The number of rotatable bonds is 7. The van der Waals surface area contributed by atoms with Gasteiger partial charge in [0.15, 0.2) is 0 Å². The Morgan fingerprint density at radius 2 is 2.04 bits per heavy atom. The first-order chi connectivity index (χ1) is 12.8. The first-order valence-corrected chi connectivity index (χ1v) is 9.39. The number of anilines is 2. The number of nitrogens with zero attached hydrogens (tertiary/aromatic N) is 2. The molecule has 1 aromatic carbocycles. The molecule has 0 saturated heterocycles. The summed E-state index contributed by atoms with van der Waals surface area (Å²) in [5, 5.41) is 6.19. The maximum Gasteiger partial charge on any atom is 0.275 e. The fraction of sp³-hybridized carbons (Fsp3) is 0.381. The molecule has 2 aromatic rings. The lowest BCUT2D eigenvalue weighted by Gasteiger charge is -2.13. The van der Waals surface area contributed by atoms with Crippen LogP contribution in [0.5, 0.6) is 0 Å². The molecule has 0 atom stereocenters. The van der Waals surface area contributed by atoms with Gasteiger partial charge in [0.05, 0.1) is 12.4 Å². The molecule has 136 valence electrons. The number of carbonyl (C=O) groups is 1. The van der Waals surface area contributed by atoms with Crippen molar-refractivity contribution in [3.63, 3.8) is 0 Å². The summed E-state index contributed by atoms with van der Waals surface area (Å²) in [4.78, 5) is 20.9. The molecule has 0 saturated carbocycles. The summed E-state index contributed by atoms with van der Waals surface area (Å²) in [6.07, 6.45) is 12.4. The summed E-state index contributed by atoms with van der Waals surface area (Å²) in [5.74, 6) is 0.462. The van der Waals surface area contributed by atoms with E-state index in [1.54, 1.807) is 6.20 Å². The van der Waals surface area contributed by atoms with Crippen LogP contribution in [-0.2, 0) is 6.42 Å². The molecular formula is C21H26N4O. The molecule has 1 aliphatic carbocycles. The summed E-state index contributed by atoms with van der Waals surface area (Å²) >= 11 is 0. The third kappa shape index (κ3) is 4.91. The minimum Gasteiger partial charge on any atom is -0.368 e. The average molecular weight is 350 g/mol. The van der Waals surface area contributed by atoms with E-state index in [0.717, 1.165) is 30.6 Å². The SMILES string of the molecule is CCc1ccccc1NC(=O)c1cnc(NCCC2=CCCCC2)cn1. The molecule has 0 aliphatic heterocycles. The Kier molecular flexibility index (Phi) is 6.36. The van der Waals surface area contributed by atoms with E-state index in [0.29, 0.717) is 11.5 Å². The van der Waals surface area contributed by atoms with Gasteiger partial charge in [-0.2, -0.15) is 0 Å². The van der Waals surface area contributed by atoms with Gasteiger partial charge in [-0.25, -0.2) is 9.97 Å². The third-order valence-corrected chi connectivity index (χ3v) is 4.67. The standard InChI is InChI=1S/C21H26N4O/c1-2-17-10-6-7-11-18(17)25-21(26)19-14-24-20(15-23-19)22-13-12-16-8-4-3-5-9-16/h6-8,10-11,14-15H,2-5,9,12-13H2,1H3,(H,22,24)(H,25,26). The zero-order valence-corrected chi connectivity index (χ0v) is 15.3. The van der Waals surface area contributed by atoms with E-state index < -0.39 is 0 Å². The molecule has 1 heterocycles. The Balaban J connectivity index is 1.53. The first kappa shape index (κ1) is 18.1. The highest BCUT2D eigenvalue weighted by Gasteiger charge is 2.10. The second kappa shape index (κ2) is 9.13. The van der Waals surface area contributed by atoms with Gasteiger partial charge in [-0.3, -0.25) is 4.79 Å². The zero-order chi connectivity index (χ0) is 18.2. The van der Waals surface area contributed by atoms with Crippen LogP contribution < -0.4 is 10.6 Å². The molecule has 0 bridgehead atoms. The molecule has 1 aromatic heterocycles. The molecule has 3 rings (SSSR count). The normalized spacial score (nSPS) is 13.8. The number of para-hydroxylation sites is 1. The van der Waals surface area contributed by atoms with E-state index in [1.165, 1.54) is 37.5 Å². The quantitative estimate of drug-likeness (QED) is 0.717. The van der Waals surface area contributed by atoms with E-state index in [9.17, 15) is 4.79 Å². The zero-order valence-electron chi connectivity index (χ0n) is 15.3. The Bertz CT molecular complexity index is 768. The monoisotopic (exact) mass is 350 g/mol. The minimum absolute atomic E-state index is 0.239. The van der Waals surface area contributed by atoms with E-state index in [1.807, 2.05) is 24.3 Å². The maximum atomic E-state index is 12.4. The molecule has 0 spiro atoms. The Morgan fingerprint density at radius 1 is 1.15 bits per heavy atom. The fourth-order valence-corrected chi connectivity index (χ4v) is 3.16. The number of aryl methyl sites for hydroxylation is 1. The summed E-state index contributed by atoms with van der Waals surface area (Å²) < 4.78 is 0. The van der Waals surface area contributed by atoms with Gasteiger partial charge in [0.25, 0.3) is 5.91 Å². The van der Waals surface area contributed by atoms with Gasteiger partial charge in [0.1, 0.15) is 11.5 Å². The van der Waals surface area contributed by atoms with E-state index in [2.05, 4.69) is 33.6 Å². The molecular weight excluding hydrogens is 324 g/mol. The summed E-state index contributed by atoms with van der Waals surface area (Å²) in [6.45, 7) is 2.91. The molecule has 26 heavy (non-hydrogen) atoms. The van der Waals surface area contributed by atoms with E-state index in [-0.39, 0.29) is 5.91 Å². The van der Waals surface area contributed by atoms with Crippen LogP contribution in [0.2, 0.25) is 0 Å². The summed E-state index contributed by atoms with van der Waals surface area (Å²) in [6, 6.07) is 7.80. The second-order valence-corrected chi connectivity index (χ2v) is 6.54. The maximum absolute atomic E-state index is 12.4. The van der Waals surface area contributed by atoms with Crippen molar-refractivity contribution in [1.82, 2.24) is 9.97 Å². The number of nitrogens with one attached hydrogen (secondary N) is 2. The second-order valence-electron chi connectivity index (χ2n) is 6.54. The molecule has 0 unspecified atom stereocenters. The van der Waals surface area contributed by atoms with Gasteiger partial charge < -0.3 is 10.6 Å². The lowest BCUT2D eigenvalue weighted by molar-refractivity contribution is 0.102. The molecule has 5 nitrogen and oxygen atoms in total. The lowest BCUT2D eigenvalue weighted by atomic mass is 9.97. The number of allylic oxidation sites excluding steroid dienone is 1. The highest BCUT2D eigenvalue weighted by Crippen LogP contribution is 2.20. The number of hydrogen-bond acceptors (Lipinski definition) is 4. The Morgan fingerprint density at radius 3 is 2.77 bits per heavy atom. The number of amides is 1. The molecule has 0 fully saturated rings. The number of aromatic nitrogens is 2. The van der Waals surface area contributed by atoms with Crippen molar-refractivity contribution in [2.24, 2.45) is 0 Å². The highest BCUT2D eigenvalue weighted by molar-refractivity contribution is 6.03. The number of benzene rings is 1. The van der Waals surface area contributed by atoms with Crippen molar-refractivity contribution in [3.05, 3.63) is 59.6 Å². The Labute approximate surface area is 155 Å². The van der Waals surface area contributed by atoms with Gasteiger partial charge in [0.2, 0.25) is 0 Å². The molecule has 2 N–H and O–H groups in total. The third-order valence-electron chi connectivity index (χ3n) is 4.67. The van der Waals surface area contributed by atoms with Crippen molar-refractivity contribution in [3.8, 4) is 0 Å². The summed E-state index contributed by atoms with van der Waals surface area (Å²) in [7, 11) is 0. The fourth-order valence-electron chi connectivity index (χ4n) is 3.16. The minimum atomic E-state index is -0.239. The Hall–Kier alpha value is -2.69. The lowest BCUT2D eigenvalue weighted by Crippen LogP contribution is -2.15. The van der Waals surface area contributed by atoms with Crippen molar-refractivity contribution in [2.45, 2.75) is 45.4 Å². The van der Waals surface area contributed by atoms with E-state index >= 15 is 0 Å². The van der Waals surface area contributed by atoms with Crippen LogP contribution in [-0.4, -0.2) is 22.4 Å². The van der Waals surface area contributed by atoms with Crippen molar-refractivity contribution >= 4 is 17.4 Å². The van der Waals surface area contributed by atoms with Crippen molar-refractivity contribution in [2.75, 3.05) is 17.2 Å². The predicted octanol–water partition coefficient (Wildman–Crippen LogP) is 4.59. The number of carbonyl (C=O) groups excluding carboxylic acids is 1. The molecule has 5 heteroatoms. The van der Waals surface area contributed by atoms with Gasteiger partial charge in [-0.15, -0.1) is 0 Å². The molecule has 1 aliphatic rings. The first-order valence-electron chi connectivity index (χ1n) is 9.39. The van der Waals surface area contributed by atoms with Gasteiger partial charge in [-0.1, -0.05) is 36.8 Å². The van der Waals surface area contributed by atoms with Gasteiger partial charge in [0, 0.05) is 12.2 Å². The summed E-state index contributed by atoms with van der Waals surface area (Å²) in [5.41, 5.74) is 3.77. The van der Waals surface area contributed by atoms with Crippen molar-refractivity contribution in [1.29, 1.82) is 0 Å². The van der Waals surface area contributed by atoms with Crippen LogP contribution in [0.4, 0.5) is 11.5 Å². The van der Waals surface area contributed by atoms with Crippen molar-refractivity contribution < 1.29 is 4.79 Å². The van der Waals surface area contributed by atoms with Gasteiger partial charge >= 0.3 is 0 Å². The van der Waals surface area contributed by atoms with E-state index in [4.69, 9.17) is 0 Å². The topological polar surface area (TPSA) is 66.9 Å².